The second kappa shape index (κ2) is 21.5. The molecule has 5 aliphatic carbocycles. The average molecular weight is 1090 g/mol. The van der Waals surface area contributed by atoms with Gasteiger partial charge in [0.15, 0.2) is 25.2 Å². The van der Waals surface area contributed by atoms with E-state index in [0.717, 1.165) is 25.7 Å². The van der Waals surface area contributed by atoms with Crippen molar-refractivity contribution in [3.05, 3.63) is 11.6 Å². The van der Waals surface area contributed by atoms with Crippen LogP contribution in [0.5, 0.6) is 0 Å². The van der Waals surface area contributed by atoms with Crippen LogP contribution in [-0.4, -0.2) is 245 Å². The van der Waals surface area contributed by atoms with E-state index >= 15 is 0 Å². The fourth-order valence-electron chi connectivity index (χ4n) is 16.3. The van der Waals surface area contributed by atoms with Crippen molar-refractivity contribution in [1.82, 2.24) is 0 Å². The molecule has 4 heterocycles. The average Bonchev–Trinajstić information content (AvgIpc) is 3.37. The lowest BCUT2D eigenvalue weighted by Gasteiger charge is -2.72. The molecule has 9 rings (SSSR count). The summed E-state index contributed by atoms with van der Waals surface area (Å²) < 4.78 is 47.3. The van der Waals surface area contributed by atoms with Crippen molar-refractivity contribution in [1.29, 1.82) is 0 Å². The van der Waals surface area contributed by atoms with Crippen molar-refractivity contribution >= 4 is 0 Å². The first-order valence-electron chi connectivity index (χ1n) is 27.4. The summed E-state index contributed by atoms with van der Waals surface area (Å²) in [5.74, 6) is 0.0675. The molecule has 438 valence electrons. The highest BCUT2D eigenvalue weighted by atomic mass is 16.7. The van der Waals surface area contributed by atoms with Crippen LogP contribution in [0, 0.1) is 50.2 Å². The number of aliphatic hydroxyl groups excluding tert-OH is 15. The fourth-order valence-corrected chi connectivity index (χ4v) is 16.3. The van der Waals surface area contributed by atoms with Gasteiger partial charge in [-0.15, -0.1) is 0 Å². The molecule has 15 N–H and O–H groups in total. The molecule has 1 unspecified atom stereocenters. The van der Waals surface area contributed by atoms with Crippen LogP contribution in [0.2, 0.25) is 0 Å². The van der Waals surface area contributed by atoms with Crippen LogP contribution in [0.25, 0.3) is 0 Å². The Morgan fingerprint density at radius 2 is 1.07 bits per heavy atom. The van der Waals surface area contributed by atoms with Gasteiger partial charge in [-0.25, -0.2) is 0 Å². The highest BCUT2D eigenvalue weighted by molar-refractivity contribution is 5.35. The molecule has 29 atom stereocenters. The topological polar surface area (TPSA) is 377 Å². The molecule has 8 fully saturated rings. The minimum atomic E-state index is -1.81. The summed E-state index contributed by atoms with van der Waals surface area (Å²) in [6, 6.07) is 0. The summed E-state index contributed by atoms with van der Waals surface area (Å²) in [5.41, 5.74) is -1.81. The molecule has 0 radical (unpaired) electrons. The summed E-state index contributed by atoms with van der Waals surface area (Å²) in [7, 11) is 0. The highest BCUT2D eigenvalue weighted by Gasteiger charge is 2.71. The predicted octanol–water partition coefficient (Wildman–Crippen LogP) is -2.98. The third-order valence-electron chi connectivity index (χ3n) is 21.3. The van der Waals surface area contributed by atoms with E-state index in [2.05, 4.69) is 40.7 Å². The molecule has 0 bridgehead atoms. The molecule has 76 heavy (non-hydrogen) atoms. The number of fused-ring (bicyclic) bond motifs is 7. The molecule has 0 aromatic heterocycles. The second-order valence-corrected chi connectivity index (χ2v) is 26.1. The molecule has 23 heteroatoms. The quantitative estimate of drug-likeness (QED) is 0.0685. The lowest BCUT2D eigenvalue weighted by molar-refractivity contribution is -0.348. The van der Waals surface area contributed by atoms with Crippen LogP contribution in [0.4, 0.5) is 0 Å². The molecule has 4 saturated carbocycles. The van der Waals surface area contributed by atoms with Crippen molar-refractivity contribution in [2.75, 3.05) is 33.0 Å². The Morgan fingerprint density at radius 3 is 1.66 bits per heavy atom. The highest BCUT2D eigenvalue weighted by Crippen LogP contribution is 2.76. The number of rotatable bonds is 12. The summed E-state index contributed by atoms with van der Waals surface area (Å²) in [6.45, 7) is 13.1. The molecule has 0 aromatic carbocycles. The molecule has 0 amide bonds. The zero-order valence-corrected chi connectivity index (χ0v) is 44.7. The smallest absolute Gasteiger partial charge is 0.186 e. The van der Waals surface area contributed by atoms with Crippen molar-refractivity contribution in [3.63, 3.8) is 0 Å². The Kier molecular flexibility index (Phi) is 16.8. The van der Waals surface area contributed by atoms with E-state index in [-0.39, 0.29) is 48.2 Å². The first-order chi connectivity index (χ1) is 35.5. The number of allylic oxidation sites excluding steroid dienone is 2. The largest absolute Gasteiger partial charge is 0.396 e. The first-order valence-corrected chi connectivity index (χ1v) is 27.4. The van der Waals surface area contributed by atoms with E-state index in [1.54, 1.807) is 0 Å². The summed E-state index contributed by atoms with van der Waals surface area (Å²) in [5, 5.41) is 162. The van der Waals surface area contributed by atoms with E-state index in [0.29, 0.717) is 19.3 Å². The van der Waals surface area contributed by atoms with Crippen LogP contribution >= 0.6 is 0 Å². The minimum absolute atomic E-state index is 0.109. The van der Waals surface area contributed by atoms with Gasteiger partial charge in [0.2, 0.25) is 0 Å². The number of ether oxygens (including phenoxy) is 8. The van der Waals surface area contributed by atoms with Gasteiger partial charge in [-0.1, -0.05) is 60.1 Å². The summed E-state index contributed by atoms with van der Waals surface area (Å²) in [6.07, 6.45) is -24.2. The minimum Gasteiger partial charge on any atom is -0.396 e. The zero-order chi connectivity index (χ0) is 55.6. The van der Waals surface area contributed by atoms with Gasteiger partial charge in [-0.2, -0.15) is 0 Å². The third-order valence-corrected chi connectivity index (χ3v) is 21.3. The Labute approximate surface area is 443 Å². The van der Waals surface area contributed by atoms with Crippen LogP contribution in [0.1, 0.15) is 99.8 Å². The van der Waals surface area contributed by atoms with Crippen molar-refractivity contribution in [2.45, 2.75) is 235 Å². The van der Waals surface area contributed by atoms with Gasteiger partial charge in [0, 0.05) is 5.41 Å². The van der Waals surface area contributed by atoms with Crippen LogP contribution in [-0.2, 0) is 37.9 Å². The molecular formula is C53H88O23. The maximum absolute atomic E-state index is 12.6. The van der Waals surface area contributed by atoms with E-state index in [4.69, 9.17) is 37.9 Å². The second-order valence-electron chi connectivity index (χ2n) is 26.1. The van der Waals surface area contributed by atoms with Crippen LogP contribution < -0.4 is 0 Å². The van der Waals surface area contributed by atoms with Gasteiger partial charge in [0.1, 0.15) is 91.6 Å². The normalized spacial score (nSPS) is 55.1. The Hall–Kier alpha value is -1.18. The maximum atomic E-state index is 12.6. The van der Waals surface area contributed by atoms with Crippen molar-refractivity contribution < 1.29 is 114 Å². The van der Waals surface area contributed by atoms with Gasteiger partial charge in [-0.3, -0.25) is 0 Å². The molecular weight excluding hydrogens is 1000 g/mol. The summed E-state index contributed by atoms with van der Waals surface area (Å²) in [4.78, 5) is 0. The Balaban J connectivity index is 0.870. The van der Waals surface area contributed by atoms with E-state index in [9.17, 15) is 76.6 Å². The number of aliphatic hydroxyl groups is 15. The van der Waals surface area contributed by atoms with Crippen molar-refractivity contribution in [3.8, 4) is 0 Å². The van der Waals surface area contributed by atoms with E-state index in [1.165, 1.54) is 5.57 Å². The van der Waals surface area contributed by atoms with Gasteiger partial charge < -0.3 is 114 Å². The summed E-state index contributed by atoms with van der Waals surface area (Å²) >= 11 is 0. The third kappa shape index (κ3) is 9.60. The Morgan fingerprint density at radius 1 is 0.539 bits per heavy atom. The molecule has 4 saturated heterocycles. The monoisotopic (exact) mass is 1090 g/mol. The SMILES string of the molecule is CC1(C)C[C@H]2C3=CC[C@@H]4[C@@]5(C)CC[C@H](O[C@@H]6O[C@H](CO[C@@H]7O[C@H](CO[C@@H]8OC[C@@H](O)[C@H](O)[C@H]8O)[C@@H](O)[C@H](O)[C@H]7O)[C@@H](O)[C@H](O)[C@H]6O)C(C)(C)C5CC[C@@]4(C)[C@]3(C)C[C@H](O)[C@@]2(CO)C[C@@H]1O[C@@H]1O[C@H](CO)[C@@H](O)[C@H](O)[C@H]1O. The van der Waals surface area contributed by atoms with Gasteiger partial charge >= 0.3 is 0 Å². The van der Waals surface area contributed by atoms with Gasteiger partial charge in [0.05, 0.1) is 51.3 Å². The molecule has 0 spiro atoms. The molecule has 4 aliphatic heterocycles. The lowest BCUT2D eigenvalue weighted by atomic mass is 9.33. The first kappa shape index (κ1) is 59.4. The molecule has 0 aromatic rings. The lowest BCUT2D eigenvalue weighted by Crippen LogP contribution is -2.68. The van der Waals surface area contributed by atoms with Gasteiger partial charge in [0.25, 0.3) is 0 Å². The van der Waals surface area contributed by atoms with Crippen LogP contribution in [0.15, 0.2) is 11.6 Å². The zero-order valence-electron chi connectivity index (χ0n) is 44.7. The number of hydrogen-bond acceptors (Lipinski definition) is 23. The predicted molar refractivity (Wildman–Crippen MR) is 259 cm³/mol. The fraction of sp³-hybridized carbons (Fsp3) is 0.962. The van der Waals surface area contributed by atoms with E-state index in [1.807, 2.05) is 13.8 Å². The van der Waals surface area contributed by atoms with Gasteiger partial charge in [-0.05, 0) is 96.2 Å². The number of hydrogen-bond donors (Lipinski definition) is 15. The standard InChI is InChI=1S/C53H88O23/c1-48(2)14-23-22-8-9-29-50(5)12-11-31(75-47-43(68)39(64)36(61)27(74-47)20-71-45-41(66)38(63)35(60)26(73-45)19-70-44-40(65)33(58)24(56)18-69-44)49(3,4)28(50)10-13-51(29,6)52(22,7)15-30(57)53(23,21-55)16-32(48)76-46-42(67)37(62)34(59)25(17-54)72-46/h8,23-47,54-68H,9-21H2,1-7H3/t23-,24+,25+,26+,27+,28?,29+,30-,31-,32-,33-,34+,35+,36+,37-,38-,39-,40+,41+,42+,43+,44-,45+,46-,47-,50-,51+,52+,53+/m0/s1. The molecule has 23 nitrogen and oxygen atoms in total. The van der Waals surface area contributed by atoms with Crippen molar-refractivity contribution in [2.24, 2.45) is 50.2 Å². The maximum Gasteiger partial charge on any atom is 0.186 e. The van der Waals surface area contributed by atoms with Crippen LogP contribution in [0.3, 0.4) is 0 Å². The van der Waals surface area contributed by atoms with E-state index < -0.39 is 177 Å². The Bertz CT molecular complexity index is 2050. The molecule has 9 aliphatic rings.